The lowest BCUT2D eigenvalue weighted by atomic mass is 9.99. The van der Waals surface area contributed by atoms with Gasteiger partial charge in [-0.1, -0.05) is 18.5 Å². The van der Waals surface area contributed by atoms with Gasteiger partial charge in [0.25, 0.3) is 0 Å². The van der Waals surface area contributed by atoms with E-state index in [1.54, 1.807) is 18.2 Å². The average molecular weight is 282 g/mol. The Kier molecular flexibility index (Phi) is 4.66. The summed E-state index contributed by atoms with van der Waals surface area (Å²) in [6.45, 7) is 4.64. The molecule has 0 aromatic heterocycles. The van der Waals surface area contributed by atoms with Gasteiger partial charge in [-0.25, -0.2) is 0 Å². The standard InChI is InChI=1S/C14H20ClN3O/c1-10-4-6-18(7-5-10)9-14(19)17-13-8-11(16)2-3-12(13)15/h2-3,8,10H,4-7,9,16H2,1H3,(H,17,19). The van der Waals surface area contributed by atoms with E-state index in [0.717, 1.165) is 31.8 Å². The Labute approximate surface area is 118 Å². The molecule has 1 aliphatic heterocycles. The Morgan fingerprint density at radius 1 is 1.47 bits per heavy atom. The molecule has 2 rings (SSSR count). The molecule has 1 aliphatic rings. The number of halogens is 1. The minimum absolute atomic E-state index is 0.0398. The number of anilines is 2. The van der Waals surface area contributed by atoms with Crippen molar-refractivity contribution in [3.63, 3.8) is 0 Å². The van der Waals surface area contributed by atoms with Crippen molar-refractivity contribution in [1.82, 2.24) is 4.90 Å². The highest BCUT2D eigenvalue weighted by molar-refractivity contribution is 6.33. The zero-order chi connectivity index (χ0) is 13.8. The first-order valence-corrected chi connectivity index (χ1v) is 6.99. The first kappa shape index (κ1) is 14.2. The molecule has 104 valence electrons. The second kappa shape index (κ2) is 6.26. The summed E-state index contributed by atoms with van der Waals surface area (Å²) in [5.74, 6) is 0.727. The molecule has 0 unspecified atom stereocenters. The molecule has 3 N–H and O–H groups in total. The van der Waals surface area contributed by atoms with Gasteiger partial charge in [-0.05, 0) is 50.0 Å². The van der Waals surface area contributed by atoms with Crippen LogP contribution in [-0.2, 0) is 4.79 Å². The minimum atomic E-state index is -0.0398. The van der Waals surface area contributed by atoms with E-state index in [-0.39, 0.29) is 5.91 Å². The number of nitrogens with two attached hydrogens (primary N) is 1. The van der Waals surface area contributed by atoms with Crippen molar-refractivity contribution in [1.29, 1.82) is 0 Å². The Bertz CT molecular complexity index is 456. The molecule has 1 heterocycles. The van der Waals surface area contributed by atoms with Gasteiger partial charge in [-0.2, -0.15) is 0 Å². The van der Waals surface area contributed by atoms with Crippen molar-refractivity contribution in [3.8, 4) is 0 Å². The Morgan fingerprint density at radius 3 is 2.84 bits per heavy atom. The van der Waals surface area contributed by atoms with Crippen molar-refractivity contribution in [3.05, 3.63) is 23.2 Å². The van der Waals surface area contributed by atoms with Gasteiger partial charge in [0.05, 0.1) is 17.3 Å². The van der Waals surface area contributed by atoms with E-state index in [0.29, 0.717) is 22.9 Å². The first-order valence-electron chi connectivity index (χ1n) is 6.62. The topological polar surface area (TPSA) is 58.4 Å². The molecule has 19 heavy (non-hydrogen) atoms. The van der Waals surface area contributed by atoms with E-state index >= 15 is 0 Å². The monoisotopic (exact) mass is 281 g/mol. The Balaban J connectivity index is 1.89. The summed E-state index contributed by atoms with van der Waals surface area (Å²) in [4.78, 5) is 14.1. The highest BCUT2D eigenvalue weighted by atomic mass is 35.5. The van der Waals surface area contributed by atoms with E-state index in [9.17, 15) is 4.79 Å². The second-order valence-electron chi connectivity index (χ2n) is 5.25. The SMILES string of the molecule is CC1CCN(CC(=O)Nc2cc(N)ccc2Cl)CC1. The number of nitrogens with one attached hydrogen (secondary N) is 1. The predicted octanol–water partition coefficient (Wildman–Crippen LogP) is 2.59. The number of piperidine rings is 1. The largest absolute Gasteiger partial charge is 0.399 e. The number of carbonyl (C=O) groups excluding carboxylic acids is 1. The fourth-order valence-corrected chi connectivity index (χ4v) is 2.42. The van der Waals surface area contributed by atoms with Crippen LogP contribution in [0.5, 0.6) is 0 Å². The normalized spacial score (nSPS) is 17.4. The lowest BCUT2D eigenvalue weighted by Gasteiger charge is -2.29. The van der Waals surface area contributed by atoms with Gasteiger partial charge in [-0.15, -0.1) is 0 Å². The molecule has 0 radical (unpaired) electrons. The van der Waals surface area contributed by atoms with Crippen LogP contribution in [0.4, 0.5) is 11.4 Å². The van der Waals surface area contributed by atoms with E-state index in [4.69, 9.17) is 17.3 Å². The van der Waals surface area contributed by atoms with Crippen LogP contribution in [0.25, 0.3) is 0 Å². The summed E-state index contributed by atoms with van der Waals surface area (Å²) in [7, 11) is 0. The maximum Gasteiger partial charge on any atom is 0.238 e. The molecule has 0 saturated carbocycles. The molecule has 0 atom stereocenters. The number of likely N-dealkylation sites (tertiary alicyclic amines) is 1. The van der Waals surface area contributed by atoms with Crippen molar-refractivity contribution in [2.45, 2.75) is 19.8 Å². The lowest BCUT2D eigenvalue weighted by Crippen LogP contribution is -2.38. The van der Waals surface area contributed by atoms with Gasteiger partial charge in [0, 0.05) is 5.69 Å². The van der Waals surface area contributed by atoms with Crippen LogP contribution in [0.1, 0.15) is 19.8 Å². The van der Waals surface area contributed by atoms with Crippen LogP contribution in [0.3, 0.4) is 0 Å². The van der Waals surface area contributed by atoms with E-state index < -0.39 is 0 Å². The smallest absolute Gasteiger partial charge is 0.238 e. The summed E-state index contributed by atoms with van der Waals surface area (Å²) < 4.78 is 0. The lowest BCUT2D eigenvalue weighted by molar-refractivity contribution is -0.117. The van der Waals surface area contributed by atoms with Gasteiger partial charge < -0.3 is 11.1 Å². The molecule has 1 amide bonds. The molecule has 1 aromatic carbocycles. The number of benzene rings is 1. The maximum atomic E-state index is 12.0. The van der Waals surface area contributed by atoms with Crippen molar-refractivity contribution < 1.29 is 4.79 Å². The molecular weight excluding hydrogens is 262 g/mol. The summed E-state index contributed by atoms with van der Waals surface area (Å²) in [5, 5.41) is 3.33. The maximum absolute atomic E-state index is 12.0. The number of hydrogen-bond donors (Lipinski definition) is 2. The summed E-state index contributed by atoms with van der Waals surface area (Å²) >= 11 is 6.02. The fourth-order valence-electron chi connectivity index (χ4n) is 2.25. The van der Waals surface area contributed by atoms with Gasteiger partial charge in [0.15, 0.2) is 0 Å². The van der Waals surface area contributed by atoms with Crippen LogP contribution in [0.15, 0.2) is 18.2 Å². The van der Waals surface area contributed by atoms with Crippen LogP contribution >= 0.6 is 11.6 Å². The van der Waals surface area contributed by atoms with Crippen LogP contribution in [0, 0.1) is 5.92 Å². The van der Waals surface area contributed by atoms with Gasteiger partial charge >= 0.3 is 0 Å². The van der Waals surface area contributed by atoms with Crippen LogP contribution < -0.4 is 11.1 Å². The molecule has 1 saturated heterocycles. The van der Waals surface area contributed by atoms with Crippen molar-refractivity contribution in [2.75, 3.05) is 30.7 Å². The third-order valence-corrected chi connectivity index (χ3v) is 3.84. The van der Waals surface area contributed by atoms with E-state index in [2.05, 4.69) is 17.1 Å². The molecule has 4 nitrogen and oxygen atoms in total. The Hall–Kier alpha value is -1.26. The molecule has 0 spiro atoms. The number of carbonyl (C=O) groups is 1. The average Bonchev–Trinajstić information content (AvgIpc) is 2.37. The molecule has 1 fully saturated rings. The molecule has 1 aromatic rings. The second-order valence-corrected chi connectivity index (χ2v) is 5.65. The number of hydrogen-bond acceptors (Lipinski definition) is 3. The molecule has 0 bridgehead atoms. The zero-order valence-electron chi connectivity index (χ0n) is 11.2. The summed E-state index contributed by atoms with van der Waals surface area (Å²) in [6, 6.07) is 5.08. The summed E-state index contributed by atoms with van der Waals surface area (Å²) in [5.41, 5.74) is 6.85. The minimum Gasteiger partial charge on any atom is -0.399 e. The molecular formula is C14H20ClN3O. The van der Waals surface area contributed by atoms with Crippen LogP contribution in [-0.4, -0.2) is 30.4 Å². The fraction of sp³-hybridized carbons (Fsp3) is 0.500. The first-order chi connectivity index (χ1) is 9.04. The van der Waals surface area contributed by atoms with Crippen molar-refractivity contribution >= 4 is 28.9 Å². The number of nitrogen functional groups attached to an aromatic ring is 1. The Morgan fingerprint density at radius 2 is 2.16 bits per heavy atom. The number of nitrogens with zero attached hydrogens (tertiary/aromatic N) is 1. The van der Waals surface area contributed by atoms with Gasteiger partial charge in [0.1, 0.15) is 0 Å². The molecule has 5 heteroatoms. The van der Waals surface area contributed by atoms with Gasteiger partial charge in [-0.3, -0.25) is 9.69 Å². The number of amides is 1. The third kappa shape index (κ3) is 4.11. The highest BCUT2D eigenvalue weighted by Gasteiger charge is 2.18. The van der Waals surface area contributed by atoms with Crippen molar-refractivity contribution in [2.24, 2.45) is 5.92 Å². The van der Waals surface area contributed by atoms with E-state index in [1.807, 2.05) is 0 Å². The predicted molar refractivity (Wildman–Crippen MR) is 79.3 cm³/mol. The molecule has 0 aliphatic carbocycles. The van der Waals surface area contributed by atoms with Crippen LogP contribution in [0.2, 0.25) is 5.02 Å². The van der Waals surface area contributed by atoms with E-state index in [1.165, 1.54) is 0 Å². The van der Waals surface area contributed by atoms with Gasteiger partial charge in [0.2, 0.25) is 5.91 Å². The summed E-state index contributed by atoms with van der Waals surface area (Å²) in [6.07, 6.45) is 2.32. The number of rotatable bonds is 3. The quantitative estimate of drug-likeness (QED) is 0.837. The highest BCUT2D eigenvalue weighted by Crippen LogP contribution is 2.24. The zero-order valence-corrected chi connectivity index (χ0v) is 11.9. The third-order valence-electron chi connectivity index (χ3n) is 3.51.